The van der Waals surface area contributed by atoms with Crippen molar-refractivity contribution >= 4 is 23.5 Å². The average molecular weight is 435 g/mol. The maximum Gasteiger partial charge on any atom is 0.314 e. The van der Waals surface area contributed by atoms with Gasteiger partial charge in [-0.2, -0.15) is 10.4 Å². The van der Waals surface area contributed by atoms with Crippen LogP contribution >= 0.6 is 0 Å². The third-order valence-corrected chi connectivity index (χ3v) is 7.69. The number of anilines is 2. The number of hydrogen-bond acceptors (Lipinski definition) is 6. The van der Waals surface area contributed by atoms with Crippen molar-refractivity contribution < 1.29 is 14.7 Å². The van der Waals surface area contributed by atoms with Crippen LogP contribution in [0.3, 0.4) is 0 Å². The van der Waals surface area contributed by atoms with Crippen molar-refractivity contribution in [3.8, 4) is 17.3 Å². The van der Waals surface area contributed by atoms with Gasteiger partial charge in [0.25, 0.3) is 0 Å². The van der Waals surface area contributed by atoms with Gasteiger partial charge in [0.1, 0.15) is 12.4 Å². The zero-order chi connectivity index (χ0) is 22.0. The Hall–Kier alpha value is -3.32. The number of nitriles is 1. The minimum atomic E-state index is -0.863. The number of aliphatic hydroxyl groups is 1. The highest BCUT2D eigenvalue weighted by molar-refractivity contribution is 6.39. The van der Waals surface area contributed by atoms with Crippen LogP contribution in [-0.4, -0.2) is 43.8 Å². The molecule has 1 aliphatic heterocycles. The Kier molecular flexibility index (Phi) is 4.14. The molecule has 3 heterocycles. The second kappa shape index (κ2) is 6.84. The minimum Gasteiger partial charge on any atom is -0.390 e. The Morgan fingerprint density at radius 1 is 1.28 bits per heavy atom. The third-order valence-electron chi connectivity index (χ3n) is 7.69. The predicted octanol–water partition coefficient (Wildman–Crippen LogP) is 1.49. The molecule has 2 aromatic rings. The molecule has 10 heteroatoms. The van der Waals surface area contributed by atoms with Gasteiger partial charge in [-0.25, -0.2) is 0 Å². The summed E-state index contributed by atoms with van der Waals surface area (Å²) in [5, 5.41) is 32.7. The summed E-state index contributed by atoms with van der Waals surface area (Å²) in [6, 6.07) is 3.94. The lowest BCUT2D eigenvalue weighted by Gasteiger charge is -2.58. The first kappa shape index (κ1) is 19.4. The zero-order valence-electron chi connectivity index (χ0n) is 17.5. The SMILES string of the molecule is N#CCNC(=O)C(=O)Nc1nn(C2[C@@H]3CC4C[C@H]2CC(O)(C4)C3)c2c1CNc1[nH]ccc1-2. The van der Waals surface area contributed by atoms with Crippen molar-refractivity contribution in [3.05, 3.63) is 17.8 Å². The number of nitrogens with one attached hydrogen (secondary N) is 4. The zero-order valence-corrected chi connectivity index (χ0v) is 17.5. The molecule has 4 fully saturated rings. The molecule has 3 unspecified atom stereocenters. The summed E-state index contributed by atoms with van der Waals surface area (Å²) in [7, 11) is 0. The number of hydrogen-bond donors (Lipinski definition) is 5. The van der Waals surface area contributed by atoms with E-state index < -0.39 is 17.4 Å². The van der Waals surface area contributed by atoms with E-state index in [2.05, 4.69) is 25.6 Å². The van der Waals surface area contributed by atoms with Crippen molar-refractivity contribution in [1.29, 1.82) is 5.26 Å². The van der Waals surface area contributed by atoms with Crippen molar-refractivity contribution in [1.82, 2.24) is 20.1 Å². The van der Waals surface area contributed by atoms with E-state index in [9.17, 15) is 14.7 Å². The second-order valence-electron chi connectivity index (χ2n) is 9.72. The molecule has 2 amide bonds. The molecule has 4 saturated carbocycles. The van der Waals surface area contributed by atoms with E-state index in [0.717, 1.165) is 54.7 Å². The van der Waals surface area contributed by atoms with Gasteiger partial charge >= 0.3 is 11.8 Å². The first-order chi connectivity index (χ1) is 15.5. The van der Waals surface area contributed by atoms with Crippen molar-refractivity contribution in [2.24, 2.45) is 17.8 Å². The molecular weight excluding hydrogens is 410 g/mol. The molecule has 2 aromatic heterocycles. The minimum absolute atomic E-state index is 0.152. The van der Waals surface area contributed by atoms with Gasteiger partial charge in [0.15, 0.2) is 5.82 Å². The fourth-order valence-corrected chi connectivity index (χ4v) is 6.85. The predicted molar refractivity (Wildman–Crippen MR) is 114 cm³/mol. The lowest BCUT2D eigenvalue weighted by atomic mass is 9.52. The number of rotatable bonds is 3. The van der Waals surface area contributed by atoms with Gasteiger partial charge in [-0.05, 0) is 55.9 Å². The number of amides is 2. The lowest BCUT2D eigenvalue weighted by Crippen LogP contribution is -2.55. The number of H-pyrrole nitrogens is 1. The fourth-order valence-electron chi connectivity index (χ4n) is 6.85. The van der Waals surface area contributed by atoms with E-state index in [1.807, 2.05) is 12.3 Å². The molecule has 0 aromatic carbocycles. The maximum atomic E-state index is 12.4. The van der Waals surface area contributed by atoms with Gasteiger partial charge in [0.05, 0.1) is 23.4 Å². The number of fused-ring (bicyclic) bond motifs is 3. The van der Waals surface area contributed by atoms with Crippen LogP contribution < -0.4 is 16.0 Å². The summed E-state index contributed by atoms with van der Waals surface area (Å²) in [6.07, 6.45) is 6.54. The first-order valence-corrected chi connectivity index (χ1v) is 11.2. The summed E-state index contributed by atoms with van der Waals surface area (Å²) >= 11 is 0. The molecule has 166 valence electrons. The van der Waals surface area contributed by atoms with E-state index in [1.165, 1.54) is 0 Å². The van der Waals surface area contributed by atoms with Crippen LogP contribution in [-0.2, 0) is 16.1 Å². The van der Waals surface area contributed by atoms with Crippen LogP contribution in [0.25, 0.3) is 11.3 Å². The molecule has 4 aliphatic carbocycles. The van der Waals surface area contributed by atoms with Gasteiger partial charge in [0.2, 0.25) is 0 Å². The Bertz CT molecular complexity index is 1140. The normalized spacial score (nSPS) is 31.2. The van der Waals surface area contributed by atoms with Crippen LogP contribution in [0, 0.1) is 29.1 Å². The highest BCUT2D eigenvalue weighted by Gasteiger charge is 2.56. The molecule has 32 heavy (non-hydrogen) atoms. The smallest absolute Gasteiger partial charge is 0.314 e. The molecule has 0 radical (unpaired) electrons. The van der Waals surface area contributed by atoms with E-state index >= 15 is 0 Å². The molecule has 0 spiro atoms. The summed E-state index contributed by atoms with van der Waals surface area (Å²) in [4.78, 5) is 27.7. The van der Waals surface area contributed by atoms with E-state index in [4.69, 9.17) is 10.4 Å². The Morgan fingerprint density at radius 3 is 2.78 bits per heavy atom. The second-order valence-corrected chi connectivity index (χ2v) is 9.72. The topological polar surface area (TPSA) is 148 Å². The van der Waals surface area contributed by atoms with E-state index in [1.54, 1.807) is 6.07 Å². The van der Waals surface area contributed by atoms with Crippen LogP contribution in [0.15, 0.2) is 12.3 Å². The number of aromatic amines is 1. The van der Waals surface area contributed by atoms with Crippen LogP contribution in [0.1, 0.15) is 43.7 Å². The van der Waals surface area contributed by atoms with Crippen LogP contribution in [0.5, 0.6) is 0 Å². The van der Waals surface area contributed by atoms with Gasteiger partial charge < -0.3 is 26.0 Å². The average Bonchev–Trinajstić information content (AvgIpc) is 3.35. The molecule has 4 bridgehead atoms. The number of nitrogens with zero attached hydrogens (tertiary/aromatic N) is 3. The first-order valence-electron chi connectivity index (χ1n) is 11.2. The number of carbonyl (C=O) groups is 2. The largest absolute Gasteiger partial charge is 0.390 e. The molecule has 10 nitrogen and oxygen atoms in total. The Labute approximate surface area is 184 Å². The summed E-state index contributed by atoms with van der Waals surface area (Å²) in [5.41, 5.74) is 2.24. The van der Waals surface area contributed by atoms with Crippen molar-refractivity contribution in [2.75, 3.05) is 17.2 Å². The molecule has 5 aliphatic rings. The van der Waals surface area contributed by atoms with Crippen LogP contribution in [0.4, 0.5) is 11.6 Å². The van der Waals surface area contributed by atoms with Gasteiger partial charge in [0, 0.05) is 23.9 Å². The maximum absolute atomic E-state index is 12.4. The van der Waals surface area contributed by atoms with E-state index in [-0.39, 0.29) is 12.6 Å². The van der Waals surface area contributed by atoms with Gasteiger partial charge in [-0.15, -0.1) is 0 Å². The summed E-state index contributed by atoms with van der Waals surface area (Å²) < 4.78 is 2.06. The number of carbonyl (C=O) groups excluding carboxylic acids is 2. The molecule has 0 saturated heterocycles. The quantitative estimate of drug-likeness (QED) is 0.364. The van der Waals surface area contributed by atoms with E-state index in [0.29, 0.717) is 30.1 Å². The Morgan fingerprint density at radius 2 is 2.06 bits per heavy atom. The highest BCUT2D eigenvalue weighted by Crippen LogP contribution is 2.60. The van der Waals surface area contributed by atoms with Gasteiger partial charge in [-0.3, -0.25) is 14.3 Å². The fraction of sp³-hybridized carbons (Fsp3) is 0.545. The van der Waals surface area contributed by atoms with Crippen molar-refractivity contribution in [3.63, 3.8) is 0 Å². The van der Waals surface area contributed by atoms with Crippen LogP contribution in [0.2, 0.25) is 0 Å². The highest BCUT2D eigenvalue weighted by atomic mass is 16.3. The summed E-state index contributed by atoms with van der Waals surface area (Å²) in [6.45, 7) is 0.232. The number of aromatic nitrogens is 3. The van der Waals surface area contributed by atoms with Crippen molar-refractivity contribution in [2.45, 2.75) is 50.3 Å². The standard InChI is InChI=1S/C22H25N7O3/c23-2-4-25-20(30)21(31)27-19-15-10-26-18-14(1-3-24-18)17(15)29(28-19)16-12-5-11-6-13(16)9-22(32,7-11)8-12/h1,3,11-13,16,24,26,32H,4-10H2,(H,25,30)(H,27,28,31)/t11?,12-,13+,16?,22?. The molecule has 5 atom stereocenters. The molecule has 5 N–H and O–H groups in total. The molecular formula is C22H25N7O3. The lowest BCUT2D eigenvalue weighted by molar-refractivity contribution is -0.148. The monoisotopic (exact) mass is 435 g/mol. The van der Waals surface area contributed by atoms with Gasteiger partial charge in [-0.1, -0.05) is 0 Å². The molecule has 7 rings (SSSR count). The summed E-state index contributed by atoms with van der Waals surface area (Å²) in [5.74, 6) is 0.831. The Balaban J connectivity index is 1.40. The third kappa shape index (κ3) is 2.84.